The number of hydrogen-bond donors (Lipinski definition) is 0. The van der Waals surface area contributed by atoms with Crippen LogP contribution in [-0.2, 0) is 18.7 Å². The van der Waals surface area contributed by atoms with E-state index < -0.39 is 27.8 Å². The van der Waals surface area contributed by atoms with E-state index in [0.29, 0.717) is 4.31 Å². The summed E-state index contributed by atoms with van der Waals surface area (Å²) in [5.74, 6) is 0. The third-order valence-corrected chi connectivity index (χ3v) is 2.76. The molecule has 1 aliphatic heterocycles. The summed E-state index contributed by atoms with van der Waals surface area (Å²) in [6, 6.07) is 0. The molecule has 8 heteroatoms. The highest BCUT2D eigenvalue weighted by atomic mass is 35.7. The third-order valence-electron chi connectivity index (χ3n) is 1.40. The molecule has 1 fully saturated rings. The number of rotatable bonds is 1. The molecule has 0 aromatic heterocycles. The maximum atomic E-state index is 11.0. The van der Waals surface area contributed by atoms with E-state index >= 15 is 0 Å². The predicted octanol–water partition coefficient (Wildman–Crippen LogP) is 0.631. The molecule has 0 radical (unpaired) electrons. The van der Waals surface area contributed by atoms with Gasteiger partial charge in [0, 0.05) is 10.7 Å². The largest absolute Gasteiger partial charge is 0.429 e. The molecule has 1 saturated heterocycles. The minimum atomic E-state index is -4.14. The lowest BCUT2D eigenvalue weighted by Gasteiger charge is -2.32. The van der Waals surface area contributed by atoms with Crippen molar-refractivity contribution in [3.8, 4) is 0 Å². The summed E-state index contributed by atoms with van der Waals surface area (Å²) < 4.78 is 31.4. The van der Waals surface area contributed by atoms with Gasteiger partial charge < -0.3 is 9.47 Å². The van der Waals surface area contributed by atoms with E-state index in [1.807, 2.05) is 0 Å². The number of amides is 1. The van der Waals surface area contributed by atoms with Crippen molar-refractivity contribution in [2.24, 2.45) is 0 Å². The molecule has 0 unspecified atom stereocenters. The van der Waals surface area contributed by atoms with Gasteiger partial charge in [-0.15, -0.1) is 0 Å². The summed E-state index contributed by atoms with van der Waals surface area (Å²) in [6.45, 7) is 2.86. The molecule has 0 bridgehead atoms. The highest BCUT2D eigenvalue weighted by Gasteiger charge is 2.38. The molecule has 76 valence electrons. The Labute approximate surface area is 79.9 Å². The molecule has 0 N–H and O–H groups in total. The molecule has 13 heavy (non-hydrogen) atoms. The Hall–Kier alpha value is -0.530. The Morgan fingerprint density at radius 3 is 2.38 bits per heavy atom. The fraction of sp³-hybridized carbons (Fsp3) is 0.800. The van der Waals surface area contributed by atoms with Gasteiger partial charge in [0.2, 0.25) is 6.29 Å². The highest BCUT2D eigenvalue weighted by molar-refractivity contribution is 8.12. The van der Waals surface area contributed by atoms with Gasteiger partial charge in [-0.2, -0.15) is 12.7 Å². The zero-order valence-corrected chi connectivity index (χ0v) is 8.50. The van der Waals surface area contributed by atoms with Crippen molar-refractivity contribution in [3.63, 3.8) is 0 Å². The van der Waals surface area contributed by atoms with E-state index in [4.69, 9.17) is 15.4 Å². The smallest absolute Gasteiger partial charge is 0.419 e. The zero-order chi connectivity index (χ0) is 10.2. The lowest BCUT2D eigenvalue weighted by atomic mass is 10.6. The quantitative estimate of drug-likeness (QED) is 0.617. The average Bonchev–Trinajstić information content (AvgIpc) is 1.78. The monoisotopic (exact) mass is 229 g/mol. The van der Waals surface area contributed by atoms with Crippen molar-refractivity contribution in [1.29, 1.82) is 0 Å². The number of ether oxygens (including phenoxy) is 2. The van der Waals surface area contributed by atoms with Crippen molar-refractivity contribution >= 4 is 26.0 Å². The Kier molecular flexibility index (Phi) is 2.69. The van der Waals surface area contributed by atoms with Crippen molar-refractivity contribution in [2.45, 2.75) is 26.4 Å². The van der Waals surface area contributed by atoms with Gasteiger partial charge in [-0.1, -0.05) is 0 Å². The Bertz CT molecular complexity index is 315. The maximum absolute atomic E-state index is 11.0. The van der Waals surface area contributed by atoms with Gasteiger partial charge in [0.15, 0.2) is 6.23 Å². The number of halogens is 1. The van der Waals surface area contributed by atoms with E-state index in [-0.39, 0.29) is 0 Å². The number of carbonyl (C=O) groups is 1. The van der Waals surface area contributed by atoms with Gasteiger partial charge >= 0.3 is 15.3 Å². The van der Waals surface area contributed by atoms with Crippen LogP contribution in [-0.4, -0.2) is 31.3 Å². The number of hydrogen-bond acceptors (Lipinski definition) is 5. The SMILES string of the molecule is C[C@@H]1OC(=O)N(S(=O)(=O)Cl)[C@H](C)O1. The molecule has 2 atom stereocenters. The van der Waals surface area contributed by atoms with Crippen molar-refractivity contribution < 1.29 is 22.7 Å². The molecule has 0 aromatic rings. The van der Waals surface area contributed by atoms with Crippen molar-refractivity contribution in [2.75, 3.05) is 0 Å². The van der Waals surface area contributed by atoms with Crippen LogP contribution in [0.5, 0.6) is 0 Å². The summed E-state index contributed by atoms with van der Waals surface area (Å²) in [6.07, 6.45) is -2.74. The fourth-order valence-electron chi connectivity index (χ4n) is 0.969. The van der Waals surface area contributed by atoms with Gasteiger partial charge in [0.25, 0.3) is 0 Å². The summed E-state index contributed by atoms with van der Waals surface area (Å²) in [4.78, 5) is 11.0. The number of cyclic esters (lactones) is 1. The molecule has 1 amide bonds. The first-order chi connectivity index (χ1) is 5.82. The summed E-state index contributed by atoms with van der Waals surface area (Å²) in [5, 5.41) is 0. The second kappa shape index (κ2) is 3.32. The number of carbonyl (C=O) groups excluding carboxylic acids is 1. The van der Waals surface area contributed by atoms with Crippen LogP contribution in [0.4, 0.5) is 4.79 Å². The van der Waals surface area contributed by atoms with Gasteiger partial charge in [0.05, 0.1) is 0 Å². The first-order valence-electron chi connectivity index (χ1n) is 3.42. The number of nitrogens with zero attached hydrogens (tertiary/aromatic N) is 1. The minimum Gasteiger partial charge on any atom is -0.419 e. The summed E-state index contributed by atoms with van der Waals surface area (Å²) in [7, 11) is 0.825. The van der Waals surface area contributed by atoms with Gasteiger partial charge in [-0.05, 0) is 13.8 Å². The van der Waals surface area contributed by atoms with Crippen LogP contribution in [0.3, 0.4) is 0 Å². The second-order valence-electron chi connectivity index (χ2n) is 2.42. The Morgan fingerprint density at radius 2 is 2.00 bits per heavy atom. The lowest BCUT2D eigenvalue weighted by molar-refractivity contribution is -0.184. The van der Waals surface area contributed by atoms with E-state index in [9.17, 15) is 13.2 Å². The topological polar surface area (TPSA) is 72.9 Å². The normalized spacial score (nSPS) is 30.1. The molecular formula is C5H8ClNO5S. The molecule has 1 heterocycles. The summed E-state index contributed by atoms with van der Waals surface area (Å²) in [5.41, 5.74) is 0. The van der Waals surface area contributed by atoms with Crippen LogP contribution in [0.15, 0.2) is 0 Å². The van der Waals surface area contributed by atoms with Gasteiger partial charge in [-0.25, -0.2) is 4.79 Å². The van der Waals surface area contributed by atoms with Crippen LogP contribution >= 0.6 is 10.7 Å². The predicted molar refractivity (Wildman–Crippen MR) is 43.1 cm³/mol. The Balaban J connectivity index is 2.92. The van der Waals surface area contributed by atoms with Crippen molar-refractivity contribution in [1.82, 2.24) is 4.31 Å². The standard InChI is InChI=1S/C5H8ClNO5S/c1-3-7(13(6,9)10)5(8)12-4(2)11-3/h3-4H,1-2H3/t3-,4-/m0/s1. The molecule has 0 spiro atoms. The molecule has 0 aromatic carbocycles. The van der Waals surface area contributed by atoms with E-state index in [1.54, 1.807) is 0 Å². The van der Waals surface area contributed by atoms with Gasteiger partial charge in [0.1, 0.15) is 0 Å². The maximum Gasteiger partial charge on any atom is 0.429 e. The van der Waals surface area contributed by atoms with Crippen LogP contribution in [0.2, 0.25) is 0 Å². The average molecular weight is 230 g/mol. The van der Waals surface area contributed by atoms with Crippen molar-refractivity contribution in [3.05, 3.63) is 0 Å². The minimum absolute atomic E-state index is 0.328. The lowest BCUT2D eigenvalue weighted by Crippen LogP contribution is -2.49. The van der Waals surface area contributed by atoms with Crippen LogP contribution in [0, 0.1) is 0 Å². The first-order valence-corrected chi connectivity index (χ1v) is 5.69. The molecular weight excluding hydrogens is 222 g/mol. The van der Waals surface area contributed by atoms with Crippen LogP contribution in [0.1, 0.15) is 13.8 Å². The van der Waals surface area contributed by atoms with Crippen LogP contribution in [0.25, 0.3) is 0 Å². The summed E-state index contributed by atoms with van der Waals surface area (Å²) >= 11 is 0. The second-order valence-corrected chi connectivity index (χ2v) is 4.81. The van der Waals surface area contributed by atoms with Crippen LogP contribution < -0.4 is 0 Å². The third kappa shape index (κ3) is 2.23. The highest BCUT2D eigenvalue weighted by Crippen LogP contribution is 2.20. The van der Waals surface area contributed by atoms with Gasteiger partial charge in [-0.3, -0.25) is 0 Å². The van der Waals surface area contributed by atoms with E-state index in [2.05, 4.69) is 4.74 Å². The fourth-order valence-corrected chi connectivity index (χ4v) is 2.10. The molecule has 6 nitrogen and oxygen atoms in total. The van der Waals surface area contributed by atoms with E-state index in [1.165, 1.54) is 13.8 Å². The Morgan fingerprint density at radius 1 is 1.46 bits per heavy atom. The van der Waals surface area contributed by atoms with E-state index in [0.717, 1.165) is 0 Å². The molecule has 0 aliphatic carbocycles. The molecule has 0 saturated carbocycles. The molecule has 1 aliphatic rings. The zero-order valence-electron chi connectivity index (χ0n) is 6.93. The first kappa shape index (κ1) is 10.6. The molecule has 1 rings (SSSR count).